The van der Waals surface area contributed by atoms with E-state index in [0.717, 1.165) is 26.0 Å². The summed E-state index contributed by atoms with van der Waals surface area (Å²) in [6.07, 6.45) is 7.52. The van der Waals surface area contributed by atoms with Crippen molar-refractivity contribution < 1.29 is 4.74 Å². The molecule has 0 atom stereocenters. The summed E-state index contributed by atoms with van der Waals surface area (Å²) in [5, 5.41) is 3.28. The van der Waals surface area contributed by atoms with Crippen LogP contribution in [0.25, 0.3) is 0 Å². The van der Waals surface area contributed by atoms with Crippen molar-refractivity contribution in [3.05, 3.63) is 0 Å². The van der Waals surface area contributed by atoms with Crippen molar-refractivity contribution in [3.8, 4) is 0 Å². The molecular formula is C13H27N3O. The van der Waals surface area contributed by atoms with Crippen molar-refractivity contribution >= 4 is 5.96 Å². The van der Waals surface area contributed by atoms with Gasteiger partial charge in [-0.05, 0) is 39.5 Å². The molecule has 17 heavy (non-hydrogen) atoms. The number of nitrogens with zero attached hydrogens (tertiary/aromatic N) is 1. The lowest BCUT2D eigenvalue weighted by Crippen LogP contribution is -2.38. The van der Waals surface area contributed by atoms with Gasteiger partial charge in [0.25, 0.3) is 0 Å². The van der Waals surface area contributed by atoms with Crippen LogP contribution in [0.2, 0.25) is 0 Å². The fourth-order valence-electron chi connectivity index (χ4n) is 2.06. The number of guanidine groups is 1. The van der Waals surface area contributed by atoms with Crippen molar-refractivity contribution in [2.45, 2.75) is 64.5 Å². The first-order valence-corrected chi connectivity index (χ1v) is 6.86. The lowest BCUT2D eigenvalue weighted by molar-refractivity contribution is 0.0764. The maximum Gasteiger partial charge on any atom is 0.188 e. The van der Waals surface area contributed by atoms with Crippen LogP contribution in [-0.4, -0.2) is 31.3 Å². The van der Waals surface area contributed by atoms with E-state index in [4.69, 9.17) is 10.5 Å². The number of hydrogen-bond acceptors (Lipinski definition) is 2. The first kappa shape index (κ1) is 14.3. The van der Waals surface area contributed by atoms with Crippen molar-refractivity contribution in [2.75, 3.05) is 13.2 Å². The fraction of sp³-hybridized carbons (Fsp3) is 0.923. The maximum atomic E-state index is 5.82. The predicted octanol–water partition coefficient (Wildman–Crippen LogP) is 2.04. The molecule has 0 aromatic carbocycles. The van der Waals surface area contributed by atoms with Gasteiger partial charge in [-0.15, -0.1) is 0 Å². The summed E-state index contributed by atoms with van der Waals surface area (Å²) in [5.74, 6) is 0.613. The first-order valence-electron chi connectivity index (χ1n) is 6.86. The molecule has 0 aliphatic heterocycles. The molecule has 4 heteroatoms. The Hall–Kier alpha value is -0.770. The van der Waals surface area contributed by atoms with Crippen LogP contribution >= 0.6 is 0 Å². The number of unbranched alkanes of at least 4 members (excludes halogenated alkanes) is 1. The summed E-state index contributed by atoms with van der Waals surface area (Å²) in [6.45, 7) is 5.74. The second-order valence-electron chi connectivity index (χ2n) is 5.02. The minimum absolute atomic E-state index is 0.326. The Morgan fingerprint density at radius 1 is 1.35 bits per heavy atom. The molecule has 0 unspecified atom stereocenters. The summed E-state index contributed by atoms with van der Waals surface area (Å²) in [4.78, 5) is 4.33. The molecule has 0 heterocycles. The average Bonchev–Trinajstić information content (AvgIpc) is 2.75. The fourth-order valence-corrected chi connectivity index (χ4v) is 2.06. The van der Waals surface area contributed by atoms with Crippen LogP contribution in [0.15, 0.2) is 4.99 Å². The van der Waals surface area contributed by atoms with E-state index < -0.39 is 0 Å². The highest BCUT2D eigenvalue weighted by molar-refractivity contribution is 5.78. The van der Waals surface area contributed by atoms with E-state index in [-0.39, 0.29) is 0 Å². The van der Waals surface area contributed by atoms with E-state index in [0.29, 0.717) is 18.1 Å². The maximum absolute atomic E-state index is 5.82. The third kappa shape index (κ3) is 7.21. The molecule has 1 aliphatic rings. The van der Waals surface area contributed by atoms with Crippen LogP contribution in [0.4, 0.5) is 0 Å². The highest BCUT2D eigenvalue weighted by Crippen LogP contribution is 2.17. The quantitative estimate of drug-likeness (QED) is 0.407. The molecule has 4 nitrogen and oxygen atoms in total. The molecule has 1 aliphatic carbocycles. The van der Waals surface area contributed by atoms with E-state index in [2.05, 4.69) is 24.2 Å². The van der Waals surface area contributed by atoms with E-state index >= 15 is 0 Å². The van der Waals surface area contributed by atoms with Gasteiger partial charge in [0, 0.05) is 19.2 Å². The summed E-state index contributed by atoms with van der Waals surface area (Å²) < 4.78 is 5.46. The molecule has 0 aromatic rings. The second kappa shape index (κ2) is 8.34. The molecule has 0 saturated heterocycles. The van der Waals surface area contributed by atoms with Crippen LogP contribution in [0.5, 0.6) is 0 Å². The zero-order valence-electron chi connectivity index (χ0n) is 11.2. The van der Waals surface area contributed by atoms with E-state index in [9.17, 15) is 0 Å². The smallest absolute Gasteiger partial charge is 0.188 e. The Bertz CT molecular complexity index is 223. The van der Waals surface area contributed by atoms with Crippen molar-refractivity contribution in [1.29, 1.82) is 0 Å². The number of hydrogen-bond donors (Lipinski definition) is 2. The van der Waals surface area contributed by atoms with Gasteiger partial charge in [0.1, 0.15) is 0 Å². The van der Waals surface area contributed by atoms with Crippen LogP contribution in [-0.2, 0) is 4.74 Å². The summed E-state index contributed by atoms with van der Waals surface area (Å²) in [7, 11) is 0. The molecule has 100 valence electrons. The summed E-state index contributed by atoms with van der Waals surface area (Å²) >= 11 is 0. The van der Waals surface area contributed by atoms with Crippen LogP contribution in [0.3, 0.4) is 0 Å². The normalized spacial score (nSPS) is 17.9. The van der Waals surface area contributed by atoms with Gasteiger partial charge < -0.3 is 15.8 Å². The minimum atomic E-state index is 0.326. The van der Waals surface area contributed by atoms with Gasteiger partial charge in [-0.2, -0.15) is 0 Å². The highest BCUT2D eigenvalue weighted by atomic mass is 16.5. The van der Waals surface area contributed by atoms with Crippen LogP contribution in [0, 0.1) is 0 Å². The Morgan fingerprint density at radius 3 is 2.71 bits per heavy atom. The summed E-state index contributed by atoms with van der Waals surface area (Å²) in [5.41, 5.74) is 5.82. The third-order valence-corrected chi connectivity index (χ3v) is 2.99. The van der Waals surface area contributed by atoms with Gasteiger partial charge in [-0.3, -0.25) is 4.99 Å². The highest BCUT2D eigenvalue weighted by Gasteiger charge is 2.14. The average molecular weight is 241 g/mol. The number of nitrogens with one attached hydrogen (secondary N) is 1. The van der Waals surface area contributed by atoms with Gasteiger partial charge in [0.2, 0.25) is 0 Å². The minimum Gasteiger partial charge on any atom is -0.379 e. The topological polar surface area (TPSA) is 59.6 Å². The van der Waals surface area contributed by atoms with E-state index in [1.54, 1.807) is 0 Å². The number of rotatable bonds is 7. The third-order valence-electron chi connectivity index (χ3n) is 2.99. The lowest BCUT2D eigenvalue weighted by Gasteiger charge is -2.12. The Morgan fingerprint density at radius 2 is 2.06 bits per heavy atom. The molecular weight excluding hydrogens is 214 g/mol. The SMILES string of the molecule is CC(C)OCCCCN=C(N)NC1CCCC1. The Labute approximate surface area is 105 Å². The van der Waals surface area contributed by atoms with E-state index in [1.807, 2.05) is 0 Å². The molecule has 0 radical (unpaired) electrons. The van der Waals surface area contributed by atoms with Gasteiger partial charge in [0.15, 0.2) is 5.96 Å². The number of nitrogens with two attached hydrogens (primary N) is 1. The lowest BCUT2D eigenvalue weighted by atomic mass is 10.2. The molecule has 3 N–H and O–H groups in total. The van der Waals surface area contributed by atoms with Crippen molar-refractivity contribution in [1.82, 2.24) is 5.32 Å². The Kier molecular flexibility index (Phi) is 7.01. The molecule has 0 aromatic heterocycles. The number of aliphatic imine (C=N–C) groups is 1. The van der Waals surface area contributed by atoms with Crippen LogP contribution in [0.1, 0.15) is 52.4 Å². The molecule has 0 bridgehead atoms. The zero-order valence-corrected chi connectivity index (χ0v) is 11.2. The van der Waals surface area contributed by atoms with E-state index in [1.165, 1.54) is 25.7 Å². The first-order chi connectivity index (χ1) is 8.18. The van der Waals surface area contributed by atoms with Crippen LogP contribution < -0.4 is 11.1 Å². The number of ether oxygens (including phenoxy) is 1. The molecule has 1 saturated carbocycles. The second-order valence-corrected chi connectivity index (χ2v) is 5.02. The zero-order chi connectivity index (χ0) is 12.5. The molecule has 1 rings (SSSR count). The van der Waals surface area contributed by atoms with Gasteiger partial charge >= 0.3 is 0 Å². The summed E-state index contributed by atoms with van der Waals surface area (Å²) in [6, 6.07) is 0.558. The van der Waals surface area contributed by atoms with Gasteiger partial charge in [-0.1, -0.05) is 12.8 Å². The van der Waals surface area contributed by atoms with Gasteiger partial charge in [0.05, 0.1) is 6.10 Å². The molecule has 1 fully saturated rings. The Balaban J connectivity index is 1.99. The monoisotopic (exact) mass is 241 g/mol. The molecule has 0 amide bonds. The van der Waals surface area contributed by atoms with Crippen molar-refractivity contribution in [3.63, 3.8) is 0 Å². The van der Waals surface area contributed by atoms with Gasteiger partial charge in [-0.25, -0.2) is 0 Å². The van der Waals surface area contributed by atoms with Crippen molar-refractivity contribution in [2.24, 2.45) is 10.7 Å². The standard InChI is InChI=1S/C13H27N3O/c1-11(2)17-10-6-5-9-15-13(14)16-12-7-3-4-8-12/h11-12H,3-10H2,1-2H3,(H3,14,15,16). The molecule has 0 spiro atoms. The largest absolute Gasteiger partial charge is 0.379 e. The predicted molar refractivity (Wildman–Crippen MR) is 72.2 cm³/mol.